The van der Waals surface area contributed by atoms with Gasteiger partial charge in [-0.3, -0.25) is 5.10 Å². The van der Waals surface area contributed by atoms with E-state index in [1.165, 1.54) is 24.3 Å². The molecule has 2 aliphatic carbocycles. The third-order valence-corrected chi connectivity index (χ3v) is 6.39. The Morgan fingerprint density at radius 1 is 1.07 bits per heavy atom. The SMILES string of the molecule is ON=C(c1n[nH]c2c1C=CC(c1cccc(F)c1)(c1cccc(F)c1)C2)C1CCC1. The zero-order chi connectivity index (χ0) is 20.7. The maximum absolute atomic E-state index is 14.1. The van der Waals surface area contributed by atoms with E-state index in [0.717, 1.165) is 41.6 Å². The number of aromatic amines is 1. The molecule has 0 saturated heterocycles. The lowest BCUT2D eigenvalue weighted by Crippen LogP contribution is -2.31. The Morgan fingerprint density at radius 3 is 2.27 bits per heavy atom. The predicted octanol–water partition coefficient (Wildman–Crippen LogP) is 5.22. The standard InChI is InChI=1S/C24H21F2N3O/c25-18-8-2-6-16(12-18)24(17-7-3-9-19(26)13-17)11-10-20-21(14-24)27-28-23(20)22(29-30)15-4-1-5-15/h2-3,6-13,15,30H,1,4-5,14H2,(H,27,28). The smallest absolute Gasteiger partial charge is 0.123 e. The van der Waals surface area contributed by atoms with Gasteiger partial charge in [-0.2, -0.15) is 5.10 Å². The van der Waals surface area contributed by atoms with Crippen LogP contribution in [0.2, 0.25) is 0 Å². The summed E-state index contributed by atoms with van der Waals surface area (Å²) in [4.78, 5) is 0. The van der Waals surface area contributed by atoms with Crippen molar-refractivity contribution in [2.45, 2.75) is 31.1 Å². The minimum Gasteiger partial charge on any atom is -0.411 e. The van der Waals surface area contributed by atoms with E-state index in [1.807, 2.05) is 24.3 Å². The van der Waals surface area contributed by atoms with Gasteiger partial charge in [-0.25, -0.2) is 8.78 Å². The number of nitrogens with one attached hydrogen (secondary N) is 1. The third-order valence-electron chi connectivity index (χ3n) is 6.39. The van der Waals surface area contributed by atoms with Crippen LogP contribution in [0.1, 0.15) is 47.3 Å². The second-order valence-electron chi connectivity index (χ2n) is 8.08. The molecule has 1 heterocycles. The van der Waals surface area contributed by atoms with Gasteiger partial charge in [0.05, 0.1) is 0 Å². The van der Waals surface area contributed by atoms with E-state index in [0.29, 0.717) is 17.8 Å². The molecular weight excluding hydrogens is 384 g/mol. The van der Waals surface area contributed by atoms with Crippen molar-refractivity contribution in [3.8, 4) is 0 Å². The molecule has 0 spiro atoms. The number of H-pyrrole nitrogens is 1. The fourth-order valence-corrected chi connectivity index (χ4v) is 4.56. The highest BCUT2D eigenvalue weighted by molar-refractivity contribution is 6.04. The highest BCUT2D eigenvalue weighted by atomic mass is 19.1. The predicted molar refractivity (Wildman–Crippen MR) is 111 cm³/mol. The number of rotatable bonds is 4. The molecule has 0 amide bonds. The lowest BCUT2D eigenvalue weighted by Gasteiger charge is -2.34. The molecule has 30 heavy (non-hydrogen) atoms. The fraction of sp³-hybridized carbons (Fsp3) is 0.250. The number of aromatic nitrogens is 2. The van der Waals surface area contributed by atoms with E-state index in [2.05, 4.69) is 15.4 Å². The molecule has 2 aromatic carbocycles. The van der Waals surface area contributed by atoms with Crippen molar-refractivity contribution in [2.24, 2.45) is 11.1 Å². The molecule has 1 aromatic heterocycles. The van der Waals surface area contributed by atoms with Crippen LogP contribution in [0.4, 0.5) is 8.78 Å². The first-order chi connectivity index (χ1) is 14.6. The minimum atomic E-state index is -0.742. The summed E-state index contributed by atoms with van der Waals surface area (Å²) >= 11 is 0. The first kappa shape index (κ1) is 18.7. The van der Waals surface area contributed by atoms with Crippen LogP contribution >= 0.6 is 0 Å². The topological polar surface area (TPSA) is 61.3 Å². The van der Waals surface area contributed by atoms with Crippen molar-refractivity contribution in [1.29, 1.82) is 0 Å². The van der Waals surface area contributed by atoms with E-state index >= 15 is 0 Å². The Labute approximate surface area is 173 Å². The van der Waals surface area contributed by atoms with Crippen LogP contribution in [0, 0.1) is 17.6 Å². The second-order valence-corrected chi connectivity index (χ2v) is 8.08. The van der Waals surface area contributed by atoms with Crippen LogP contribution < -0.4 is 0 Å². The van der Waals surface area contributed by atoms with Gasteiger partial charge in [0.2, 0.25) is 0 Å². The summed E-state index contributed by atoms with van der Waals surface area (Å²) in [5.74, 6) is -0.464. The molecule has 0 aliphatic heterocycles. The Kier molecular flexibility index (Phi) is 4.50. The first-order valence-corrected chi connectivity index (χ1v) is 10.1. The van der Waals surface area contributed by atoms with Crippen LogP contribution in [0.5, 0.6) is 0 Å². The summed E-state index contributed by atoms with van der Waals surface area (Å²) in [7, 11) is 0. The van der Waals surface area contributed by atoms with Crippen molar-refractivity contribution >= 4 is 11.8 Å². The molecule has 152 valence electrons. The molecule has 6 heteroatoms. The summed E-state index contributed by atoms with van der Waals surface area (Å²) < 4.78 is 28.2. The van der Waals surface area contributed by atoms with Gasteiger partial charge < -0.3 is 5.21 Å². The molecule has 3 aromatic rings. The largest absolute Gasteiger partial charge is 0.411 e. The summed E-state index contributed by atoms with van der Waals surface area (Å²) in [5, 5.41) is 20.7. The van der Waals surface area contributed by atoms with Gasteiger partial charge >= 0.3 is 0 Å². The molecule has 1 saturated carbocycles. The van der Waals surface area contributed by atoms with E-state index in [9.17, 15) is 14.0 Å². The van der Waals surface area contributed by atoms with Crippen molar-refractivity contribution in [3.63, 3.8) is 0 Å². The van der Waals surface area contributed by atoms with Crippen molar-refractivity contribution < 1.29 is 14.0 Å². The molecular formula is C24H21F2N3O. The summed E-state index contributed by atoms with van der Waals surface area (Å²) in [5.41, 5.74) is 3.71. The maximum atomic E-state index is 14.1. The van der Waals surface area contributed by atoms with Crippen molar-refractivity contribution in [3.05, 3.63) is 94.3 Å². The molecule has 4 nitrogen and oxygen atoms in total. The molecule has 0 radical (unpaired) electrons. The Bertz CT molecular complexity index is 1120. The minimum absolute atomic E-state index is 0.217. The van der Waals surface area contributed by atoms with E-state index < -0.39 is 5.41 Å². The number of hydrogen-bond acceptors (Lipinski definition) is 3. The van der Waals surface area contributed by atoms with Crippen LogP contribution in [-0.2, 0) is 11.8 Å². The van der Waals surface area contributed by atoms with Gasteiger partial charge in [-0.15, -0.1) is 0 Å². The number of benzene rings is 2. The highest BCUT2D eigenvalue weighted by Gasteiger charge is 2.38. The second kappa shape index (κ2) is 7.20. The molecule has 2 aliphatic rings. The van der Waals surface area contributed by atoms with Crippen LogP contribution in [0.15, 0.2) is 59.8 Å². The average molecular weight is 405 g/mol. The van der Waals surface area contributed by atoms with Crippen molar-refractivity contribution in [1.82, 2.24) is 10.2 Å². The summed E-state index contributed by atoms with van der Waals surface area (Å²) in [6.07, 6.45) is 7.46. The maximum Gasteiger partial charge on any atom is 0.123 e. The zero-order valence-corrected chi connectivity index (χ0v) is 16.3. The molecule has 0 bridgehead atoms. The molecule has 5 rings (SSSR count). The molecule has 0 atom stereocenters. The van der Waals surface area contributed by atoms with Gasteiger partial charge in [-0.1, -0.05) is 48.0 Å². The Balaban J connectivity index is 1.64. The number of allylic oxidation sites excluding steroid dienone is 1. The Morgan fingerprint density at radius 2 is 1.73 bits per heavy atom. The average Bonchev–Trinajstić information content (AvgIpc) is 3.13. The number of fused-ring (bicyclic) bond motifs is 1. The van der Waals surface area contributed by atoms with Gasteiger partial charge in [0.1, 0.15) is 23.0 Å². The van der Waals surface area contributed by atoms with Crippen LogP contribution in [0.25, 0.3) is 6.08 Å². The van der Waals surface area contributed by atoms with Crippen molar-refractivity contribution in [2.75, 3.05) is 0 Å². The van der Waals surface area contributed by atoms with Gasteiger partial charge in [0.25, 0.3) is 0 Å². The first-order valence-electron chi connectivity index (χ1n) is 10.1. The lowest BCUT2D eigenvalue weighted by molar-refractivity contribution is 0.305. The summed E-state index contributed by atoms with van der Waals surface area (Å²) in [6.45, 7) is 0. The van der Waals surface area contributed by atoms with Crippen LogP contribution in [0.3, 0.4) is 0 Å². The quantitative estimate of drug-likeness (QED) is 0.355. The van der Waals surface area contributed by atoms with Gasteiger partial charge in [-0.05, 0) is 48.2 Å². The molecule has 2 N–H and O–H groups in total. The number of hydrogen-bond donors (Lipinski definition) is 2. The summed E-state index contributed by atoms with van der Waals surface area (Å²) in [6, 6.07) is 12.8. The Hall–Kier alpha value is -3.28. The zero-order valence-electron chi connectivity index (χ0n) is 16.3. The van der Waals surface area contributed by atoms with Gasteiger partial charge in [0, 0.05) is 29.0 Å². The normalized spacial score (nSPS) is 18.1. The highest BCUT2D eigenvalue weighted by Crippen LogP contribution is 2.43. The molecule has 0 unspecified atom stereocenters. The number of halogens is 2. The van der Waals surface area contributed by atoms with E-state index in [-0.39, 0.29) is 17.6 Å². The number of oxime groups is 1. The lowest BCUT2D eigenvalue weighted by atomic mass is 9.68. The number of nitrogens with zero attached hydrogens (tertiary/aromatic N) is 2. The molecule has 1 fully saturated rings. The van der Waals surface area contributed by atoms with Gasteiger partial charge in [0.15, 0.2) is 0 Å². The van der Waals surface area contributed by atoms with E-state index in [4.69, 9.17) is 0 Å². The van der Waals surface area contributed by atoms with Crippen LogP contribution in [-0.4, -0.2) is 21.1 Å². The third kappa shape index (κ3) is 2.95. The fourth-order valence-electron chi connectivity index (χ4n) is 4.56. The monoisotopic (exact) mass is 405 g/mol. The van der Waals surface area contributed by atoms with E-state index in [1.54, 1.807) is 12.1 Å².